The van der Waals surface area contributed by atoms with Gasteiger partial charge in [-0.25, -0.2) is 8.42 Å². The standard InChI is InChI=1S/C23H21N3O5S2/c1-3-12-25-33(30,31)19-10-8-18(9-11-19)21(27)24-13-14-26-22(28)20(32-23(26)29)15-17-6-4-16(2)5-7-17/h1,4-11,15,25H,12-14H2,2H3,(H,24,27). The maximum atomic E-state index is 12.6. The Kier molecular flexibility index (Phi) is 7.71. The summed E-state index contributed by atoms with van der Waals surface area (Å²) in [5.74, 6) is 1.31. The topological polar surface area (TPSA) is 113 Å². The van der Waals surface area contributed by atoms with Crippen molar-refractivity contribution in [2.75, 3.05) is 19.6 Å². The molecule has 0 aromatic heterocycles. The molecule has 0 bridgehead atoms. The molecule has 8 nitrogen and oxygen atoms in total. The number of aryl methyl sites for hydroxylation is 1. The summed E-state index contributed by atoms with van der Waals surface area (Å²) in [5.41, 5.74) is 2.14. The lowest BCUT2D eigenvalue weighted by atomic mass is 10.1. The van der Waals surface area contributed by atoms with Crippen LogP contribution in [0.25, 0.3) is 6.08 Å². The number of thioether (sulfide) groups is 1. The third kappa shape index (κ3) is 6.10. The Balaban J connectivity index is 1.56. The highest BCUT2D eigenvalue weighted by Gasteiger charge is 2.34. The number of carbonyl (C=O) groups is 3. The first-order chi connectivity index (χ1) is 15.7. The molecule has 0 saturated carbocycles. The molecule has 2 aromatic rings. The fraction of sp³-hybridized carbons (Fsp3) is 0.174. The van der Waals surface area contributed by atoms with E-state index < -0.39 is 27.1 Å². The quantitative estimate of drug-likeness (QED) is 0.440. The van der Waals surface area contributed by atoms with Gasteiger partial charge in [-0.15, -0.1) is 6.42 Å². The van der Waals surface area contributed by atoms with Gasteiger partial charge in [0.1, 0.15) is 0 Å². The molecule has 10 heteroatoms. The summed E-state index contributed by atoms with van der Waals surface area (Å²) in [7, 11) is -3.75. The van der Waals surface area contributed by atoms with Crippen molar-refractivity contribution in [3.63, 3.8) is 0 Å². The summed E-state index contributed by atoms with van der Waals surface area (Å²) in [4.78, 5) is 38.5. The number of rotatable bonds is 8. The Hall–Kier alpha value is -3.39. The third-order valence-electron chi connectivity index (χ3n) is 4.66. The third-order valence-corrected chi connectivity index (χ3v) is 6.99. The number of carbonyl (C=O) groups excluding carboxylic acids is 3. The van der Waals surface area contributed by atoms with Crippen LogP contribution in [-0.2, 0) is 14.8 Å². The number of imide groups is 1. The number of terminal acetylenes is 1. The van der Waals surface area contributed by atoms with E-state index >= 15 is 0 Å². The van der Waals surface area contributed by atoms with Gasteiger partial charge in [-0.05, 0) is 54.6 Å². The maximum Gasteiger partial charge on any atom is 0.293 e. The number of nitrogens with zero attached hydrogens (tertiary/aromatic N) is 1. The molecular formula is C23H21N3O5S2. The lowest BCUT2D eigenvalue weighted by Gasteiger charge is -2.13. The van der Waals surface area contributed by atoms with E-state index in [2.05, 4.69) is 16.0 Å². The first kappa shape index (κ1) is 24.3. The first-order valence-corrected chi connectivity index (χ1v) is 12.1. The van der Waals surface area contributed by atoms with E-state index in [-0.39, 0.29) is 30.1 Å². The molecule has 0 unspecified atom stereocenters. The highest BCUT2D eigenvalue weighted by molar-refractivity contribution is 8.18. The van der Waals surface area contributed by atoms with Gasteiger partial charge in [0.2, 0.25) is 10.0 Å². The largest absolute Gasteiger partial charge is 0.350 e. The van der Waals surface area contributed by atoms with Crippen LogP contribution in [0.15, 0.2) is 58.3 Å². The predicted octanol–water partition coefficient (Wildman–Crippen LogP) is 2.37. The molecule has 3 amide bonds. The summed E-state index contributed by atoms with van der Waals surface area (Å²) < 4.78 is 26.3. The van der Waals surface area contributed by atoms with Crippen molar-refractivity contribution in [1.82, 2.24) is 14.9 Å². The minimum Gasteiger partial charge on any atom is -0.350 e. The van der Waals surface area contributed by atoms with Crippen LogP contribution < -0.4 is 10.0 Å². The molecule has 1 fully saturated rings. The van der Waals surface area contributed by atoms with Crippen LogP contribution in [0.2, 0.25) is 0 Å². The minimum absolute atomic E-state index is 0.0180. The minimum atomic E-state index is -3.75. The average molecular weight is 484 g/mol. The zero-order valence-corrected chi connectivity index (χ0v) is 19.3. The summed E-state index contributed by atoms with van der Waals surface area (Å²) in [6.07, 6.45) is 6.72. The van der Waals surface area contributed by atoms with Crippen LogP contribution in [0.4, 0.5) is 4.79 Å². The summed E-state index contributed by atoms with van der Waals surface area (Å²) in [6, 6.07) is 12.9. The fourth-order valence-corrected chi connectivity index (χ4v) is 4.70. The molecule has 1 aliphatic rings. The van der Waals surface area contributed by atoms with Crippen LogP contribution >= 0.6 is 11.8 Å². The second-order valence-electron chi connectivity index (χ2n) is 7.05. The van der Waals surface area contributed by atoms with Crippen LogP contribution in [0, 0.1) is 19.3 Å². The van der Waals surface area contributed by atoms with E-state index in [4.69, 9.17) is 6.42 Å². The lowest BCUT2D eigenvalue weighted by molar-refractivity contribution is -0.122. The molecule has 2 aromatic carbocycles. The SMILES string of the molecule is C#CCNS(=O)(=O)c1ccc(C(=O)NCCN2C(=O)SC(=Cc3ccc(C)cc3)C2=O)cc1. The zero-order chi connectivity index (χ0) is 24.0. The average Bonchev–Trinajstić information content (AvgIpc) is 3.06. The number of amides is 3. The molecule has 1 aliphatic heterocycles. The van der Waals surface area contributed by atoms with Crippen molar-refractivity contribution >= 4 is 44.9 Å². The number of hydrogen-bond acceptors (Lipinski definition) is 6. The van der Waals surface area contributed by atoms with Gasteiger partial charge < -0.3 is 5.32 Å². The van der Waals surface area contributed by atoms with Gasteiger partial charge in [-0.2, -0.15) is 4.72 Å². The van der Waals surface area contributed by atoms with E-state index in [1.807, 2.05) is 31.2 Å². The number of hydrogen-bond donors (Lipinski definition) is 2. The van der Waals surface area contributed by atoms with E-state index in [1.165, 1.54) is 24.3 Å². The molecule has 170 valence electrons. The summed E-state index contributed by atoms with van der Waals surface area (Å²) in [6.45, 7) is 1.89. The van der Waals surface area contributed by atoms with Gasteiger partial charge in [0.15, 0.2) is 0 Å². The van der Waals surface area contributed by atoms with Crippen LogP contribution in [0.1, 0.15) is 21.5 Å². The zero-order valence-electron chi connectivity index (χ0n) is 17.7. The van der Waals surface area contributed by atoms with Crippen LogP contribution in [-0.4, -0.2) is 50.0 Å². The van der Waals surface area contributed by atoms with E-state index in [0.29, 0.717) is 4.91 Å². The van der Waals surface area contributed by atoms with Gasteiger partial charge >= 0.3 is 0 Å². The second kappa shape index (κ2) is 10.5. The van der Waals surface area contributed by atoms with Gasteiger partial charge in [0, 0.05) is 18.7 Å². The monoisotopic (exact) mass is 483 g/mol. The molecule has 1 saturated heterocycles. The van der Waals surface area contributed by atoms with Crippen LogP contribution in [0.5, 0.6) is 0 Å². The Morgan fingerprint density at radius 3 is 2.42 bits per heavy atom. The normalized spacial score (nSPS) is 15.0. The van der Waals surface area contributed by atoms with Gasteiger partial charge in [0.05, 0.1) is 16.3 Å². The highest BCUT2D eigenvalue weighted by Crippen LogP contribution is 2.31. The van der Waals surface area contributed by atoms with E-state index in [9.17, 15) is 22.8 Å². The lowest BCUT2D eigenvalue weighted by Crippen LogP contribution is -2.37. The Morgan fingerprint density at radius 2 is 1.79 bits per heavy atom. The van der Waals surface area contributed by atoms with Crippen molar-refractivity contribution < 1.29 is 22.8 Å². The predicted molar refractivity (Wildman–Crippen MR) is 127 cm³/mol. The second-order valence-corrected chi connectivity index (χ2v) is 9.81. The van der Waals surface area contributed by atoms with Crippen molar-refractivity contribution in [3.8, 4) is 12.3 Å². The van der Waals surface area contributed by atoms with Gasteiger partial charge in [-0.1, -0.05) is 35.7 Å². The number of nitrogens with one attached hydrogen (secondary N) is 2. The molecular weight excluding hydrogens is 462 g/mol. The Labute approximate surface area is 196 Å². The molecule has 0 radical (unpaired) electrons. The number of sulfonamides is 1. The first-order valence-electron chi connectivity index (χ1n) is 9.85. The van der Waals surface area contributed by atoms with Crippen molar-refractivity contribution in [2.24, 2.45) is 0 Å². The molecule has 0 aliphatic carbocycles. The van der Waals surface area contributed by atoms with E-state index in [1.54, 1.807) is 6.08 Å². The van der Waals surface area contributed by atoms with Gasteiger partial charge in [0.25, 0.3) is 17.1 Å². The Bertz CT molecular complexity index is 1240. The van der Waals surface area contributed by atoms with Crippen molar-refractivity contribution in [1.29, 1.82) is 0 Å². The fourth-order valence-electron chi connectivity index (χ4n) is 2.90. The molecule has 1 heterocycles. The maximum absolute atomic E-state index is 12.6. The molecule has 0 spiro atoms. The van der Waals surface area contributed by atoms with Crippen molar-refractivity contribution in [3.05, 3.63) is 70.1 Å². The molecule has 0 atom stereocenters. The molecule has 3 rings (SSSR count). The van der Waals surface area contributed by atoms with Gasteiger partial charge in [-0.3, -0.25) is 19.3 Å². The highest BCUT2D eigenvalue weighted by atomic mass is 32.2. The summed E-state index contributed by atoms with van der Waals surface area (Å²) in [5, 5.41) is 2.22. The number of benzene rings is 2. The van der Waals surface area contributed by atoms with Crippen molar-refractivity contribution in [2.45, 2.75) is 11.8 Å². The molecule has 2 N–H and O–H groups in total. The smallest absolute Gasteiger partial charge is 0.293 e. The Morgan fingerprint density at radius 1 is 1.12 bits per heavy atom. The van der Waals surface area contributed by atoms with Crippen LogP contribution in [0.3, 0.4) is 0 Å². The summed E-state index contributed by atoms with van der Waals surface area (Å²) >= 11 is 0.856. The molecule has 33 heavy (non-hydrogen) atoms. The van der Waals surface area contributed by atoms with E-state index in [0.717, 1.165) is 27.8 Å².